The standard InChI is InChI=1S/C22H17N3O4/c26-20-10-9-14(13-24-20)12-23-17-7-3-2-6-16(17)21(27)25-18-11-15-5-1-4-8-19(15)29-22(18)28/h1-11,13,23H,12H2,(H,24,26)(H,25,27). The topological polar surface area (TPSA) is 104 Å². The van der Waals surface area contributed by atoms with Crippen LogP contribution in [0.4, 0.5) is 11.4 Å². The molecular weight excluding hydrogens is 370 g/mol. The maximum absolute atomic E-state index is 12.8. The van der Waals surface area contributed by atoms with Gasteiger partial charge in [0, 0.05) is 29.9 Å². The molecule has 7 nitrogen and oxygen atoms in total. The van der Waals surface area contributed by atoms with Gasteiger partial charge in [0.15, 0.2) is 0 Å². The quantitative estimate of drug-likeness (QED) is 0.456. The first-order valence-electron chi connectivity index (χ1n) is 8.95. The van der Waals surface area contributed by atoms with Crippen molar-refractivity contribution in [2.24, 2.45) is 0 Å². The number of aromatic nitrogens is 1. The van der Waals surface area contributed by atoms with Crippen LogP contribution in [0.1, 0.15) is 15.9 Å². The zero-order valence-electron chi connectivity index (χ0n) is 15.3. The summed E-state index contributed by atoms with van der Waals surface area (Å²) in [7, 11) is 0. The molecule has 1 amide bonds. The van der Waals surface area contributed by atoms with E-state index in [0.717, 1.165) is 5.56 Å². The molecule has 4 rings (SSSR count). The number of para-hydroxylation sites is 2. The highest BCUT2D eigenvalue weighted by Crippen LogP contribution is 2.19. The summed E-state index contributed by atoms with van der Waals surface area (Å²) < 4.78 is 5.26. The first-order chi connectivity index (χ1) is 14.1. The number of rotatable bonds is 5. The van der Waals surface area contributed by atoms with Crippen molar-refractivity contribution in [2.75, 3.05) is 10.6 Å². The number of H-pyrrole nitrogens is 1. The number of amides is 1. The van der Waals surface area contributed by atoms with Crippen LogP contribution in [-0.2, 0) is 6.54 Å². The van der Waals surface area contributed by atoms with Crippen molar-refractivity contribution < 1.29 is 9.21 Å². The average Bonchev–Trinajstić information content (AvgIpc) is 2.74. The minimum absolute atomic E-state index is 0.0733. The summed E-state index contributed by atoms with van der Waals surface area (Å²) in [5, 5.41) is 6.52. The fourth-order valence-corrected chi connectivity index (χ4v) is 2.92. The van der Waals surface area contributed by atoms with Gasteiger partial charge in [0.2, 0.25) is 5.56 Å². The highest BCUT2D eigenvalue weighted by molar-refractivity contribution is 6.08. The van der Waals surface area contributed by atoms with Crippen LogP contribution in [-0.4, -0.2) is 10.9 Å². The molecule has 0 saturated carbocycles. The Balaban J connectivity index is 1.56. The van der Waals surface area contributed by atoms with Crippen molar-refractivity contribution in [1.82, 2.24) is 4.98 Å². The lowest BCUT2D eigenvalue weighted by Gasteiger charge is -2.12. The summed E-state index contributed by atoms with van der Waals surface area (Å²) in [6.45, 7) is 0.416. The molecule has 0 aliphatic carbocycles. The maximum atomic E-state index is 12.8. The van der Waals surface area contributed by atoms with E-state index in [4.69, 9.17) is 4.42 Å². The Morgan fingerprint density at radius 2 is 1.72 bits per heavy atom. The summed E-state index contributed by atoms with van der Waals surface area (Å²) >= 11 is 0. The Kier molecular flexibility index (Phi) is 4.94. The number of aromatic amines is 1. The second kappa shape index (κ2) is 7.85. The van der Waals surface area contributed by atoms with E-state index >= 15 is 0 Å². The van der Waals surface area contributed by atoms with Crippen molar-refractivity contribution in [3.63, 3.8) is 0 Å². The number of anilines is 2. The number of pyridine rings is 1. The van der Waals surface area contributed by atoms with Gasteiger partial charge < -0.3 is 20.0 Å². The molecule has 0 saturated heterocycles. The summed E-state index contributed by atoms with van der Waals surface area (Å²) in [4.78, 5) is 38.8. The number of benzene rings is 2. The van der Waals surface area contributed by atoms with Gasteiger partial charge >= 0.3 is 5.63 Å². The number of hydrogen-bond acceptors (Lipinski definition) is 5. The van der Waals surface area contributed by atoms with Gasteiger partial charge in [-0.25, -0.2) is 4.79 Å². The van der Waals surface area contributed by atoms with Crippen LogP contribution in [0.2, 0.25) is 0 Å². The van der Waals surface area contributed by atoms with E-state index in [1.54, 1.807) is 60.8 Å². The van der Waals surface area contributed by atoms with Crippen LogP contribution in [0.3, 0.4) is 0 Å². The van der Waals surface area contributed by atoms with E-state index < -0.39 is 11.5 Å². The lowest BCUT2D eigenvalue weighted by atomic mass is 10.1. The van der Waals surface area contributed by atoms with E-state index in [0.29, 0.717) is 28.8 Å². The van der Waals surface area contributed by atoms with Gasteiger partial charge in [0.25, 0.3) is 5.91 Å². The molecule has 0 aliphatic rings. The first-order valence-corrected chi connectivity index (χ1v) is 8.95. The Morgan fingerprint density at radius 1 is 0.931 bits per heavy atom. The zero-order chi connectivity index (χ0) is 20.2. The number of nitrogens with one attached hydrogen (secondary N) is 3. The largest absolute Gasteiger partial charge is 0.421 e. The summed E-state index contributed by atoms with van der Waals surface area (Å²) in [6, 6.07) is 18.8. The van der Waals surface area contributed by atoms with E-state index in [2.05, 4.69) is 15.6 Å². The third kappa shape index (κ3) is 4.08. The summed E-state index contributed by atoms with van der Waals surface area (Å²) in [5.74, 6) is -0.433. The predicted molar refractivity (Wildman–Crippen MR) is 111 cm³/mol. The molecule has 4 aromatic rings. The number of fused-ring (bicyclic) bond motifs is 1. The zero-order valence-corrected chi connectivity index (χ0v) is 15.3. The molecule has 0 radical (unpaired) electrons. The fourth-order valence-electron chi connectivity index (χ4n) is 2.92. The Hall–Kier alpha value is -4.13. The average molecular weight is 387 g/mol. The molecule has 0 spiro atoms. The molecule has 0 atom stereocenters. The van der Waals surface area contributed by atoms with E-state index in [-0.39, 0.29) is 11.2 Å². The van der Waals surface area contributed by atoms with Gasteiger partial charge in [-0.15, -0.1) is 0 Å². The number of carbonyl (C=O) groups excluding carboxylic acids is 1. The Labute approximate surface area is 165 Å². The summed E-state index contributed by atoms with van der Waals surface area (Å²) in [5.41, 5.74) is 1.57. The molecule has 144 valence electrons. The van der Waals surface area contributed by atoms with Crippen molar-refractivity contribution in [2.45, 2.75) is 6.54 Å². The highest BCUT2D eigenvalue weighted by Gasteiger charge is 2.14. The molecule has 2 aromatic carbocycles. The minimum atomic E-state index is -0.615. The second-order valence-corrected chi connectivity index (χ2v) is 6.40. The highest BCUT2D eigenvalue weighted by atomic mass is 16.4. The fraction of sp³-hybridized carbons (Fsp3) is 0.0455. The Bertz CT molecular complexity index is 1290. The van der Waals surface area contributed by atoms with Gasteiger partial charge in [-0.05, 0) is 29.8 Å². The van der Waals surface area contributed by atoms with Crippen LogP contribution in [0.25, 0.3) is 11.0 Å². The molecule has 3 N–H and O–H groups in total. The molecule has 0 fully saturated rings. The molecule has 29 heavy (non-hydrogen) atoms. The van der Waals surface area contributed by atoms with Crippen molar-refractivity contribution in [1.29, 1.82) is 0 Å². The Morgan fingerprint density at radius 3 is 2.55 bits per heavy atom. The van der Waals surface area contributed by atoms with Crippen LogP contribution >= 0.6 is 0 Å². The van der Waals surface area contributed by atoms with Crippen LogP contribution in [0.5, 0.6) is 0 Å². The van der Waals surface area contributed by atoms with Crippen molar-refractivity contribution in [3.8, 4) is 0 Å². The molecule has 0 unspecified atom stereocenters. The molecule has 0 bridgehead atoms. The molecule has 0 aliphatic heterocycles. The van der Waals surface area contributed by atoms with Crippen molar-refractivity contribution in [3.05, 3.63) is 105 Å². The first kappa shape index (κ1) is 18.2. The normalized spacial score (nSPS) is 10.6. The predicted octanol–water partition coefficient (Wildman–Crippen LogP) is 3.35. The SMILES string of the molecule is O=C(Nc1cc2ccccc2oc1=O)c1ccccc1NCc1ccc(=O)[nH]c1. The molecule has 7 heteroatoms. The van der Waals surface area contributed by atoms with Gasteiger partial charge in [-0.3, -0.25) is 9.59 Å². The maximum Gasteiger partial charge on any atom is 0.360 e. The lowest BCUT2D eigenvalue weighted by Crippen LogP contribution is -2.19. The third-order valence-corrected chi connectivity index (χ3v) is 4.39. The van der Waals surface area contributed by atoms with Crippen LogP contribution in [0, 0.1) is 0 Å². The van der Waals surface area contributed by atoms with Crippen LogP contribution < -0.4 is 21.8 Å². The third-order valence-electron chi connectivity index (χ3n) is 4.39. The van der Waals surface area contributed by atoms with Gasteiger partial charge in [-0.2, -0.15) is 0 Å². The van der Waals surface area contributed by atoms with Crippen LogP contribution in [0.15, 0.2) is 86.9 Å². The summed E-state index contributed by atoms with van der Waals surface area (Å²) in [6.07, 6.45) is 1.61. The second-order valence-electron chi connectivity index (χ2n) is 6.40. The molecular formula is C22H17N3O4. The minimum Gasteiger partial charge on any atom is -0.421 e. The van der Waals surface area contributed by atoms with Gasteiger partial charge in [0.05, 0.1) is 5.56 Å². The van der Waals surface area contributed by atoms with E-state index in [1.807, 2.05) is 6.07 Å². The van der Waals surface area contributed by atoms with E-state index in [1.165, 1.54) is 6.07 Å². The number of hydrogen-bond donors (Lipinski definition) is 3. The molecule has 2 aromatic heterocycles. The monoisotopic (exact) mass is 387 g/mol. The van der Waals surface area contributed by atoms with Crippen molar-refractivity contribution >= 4 is 28.3 Å². The van der Waals surface area contributed by atoms with Gasteiger partial charge in [0.1, 0.15) is 11.3 Å². The van der Waals surface area contributed by atoms with E-state index in [9.17, 15) is 14.4 Å². The van der Waals surface area contributed by atoms with Gasteiger partial charge in [-0.1, -0.05) is 36.4 Å². The smallest absolute Gasteiger partial charge is 0.360 e. The molecule has 2 heterocycles. The lowest BCUT2D eigenvalue weighted by molar-refractivity contribution is 0.102. The number of carbonyl (C=O) groups is 1.